The summed E-state index contributed by atoms with van der Waals surface area (Å²) in [6.45, 7) is 20.6. The summed E-state index contributed by atoms with van der Waals surface area (Å²) in [7, 11) is 0. The molecule has 0 aromatic carbocycles. The molecule has 1 amide bonds. The minimum atomic E-state index is -1.69. The van der Waals surface area contributed by atoms with E-state index in [9.17, 15) is 50.1 Å². The molecule has 8 N–H and O–H groups in total. The molecule has 0 spiro atoms. The van der Waals surface area contributed by atoms with E-state index in [1.807, 2.05) is 6.92 Å². The van der Waals surface area contributed by atoms with Crippen LogP contribution in [0.1, 0.15) is 140 Å². The van der Waals surface area contributed by atoms with Gasteiger partial charge in [-0.1, -0.05) is 66.5 Å². The van der Waals surface area contributed by atoms with Crippen molar-refractivity contribution in [2.24, 2.45) is 44.8 Å². The van der Waals surface area contributed by atoms with Gasteiger partial charge in [0.1, 0.15) is 54.4 Å². The van der Waals surface area contributed by atoms with E-state index in [4.69, 9.17) is 23.7 Å². The van der Waals surface area contributed by atoms with Crippen LogP contribution in [0.3, 0.4) is 0 Å². The minimum absolute atomic E-state index is 0.0556. The number of carboxylic acids is 1. The second-order valence-corrected chi connectivity index (χ2v) is 22.6. The molecule has 0 radical (unpaired) electrons. The van der Waals surface area contributed by atoms with Gasteiger partial charge in [-0.15, -0.1) is 0 Å². The van der Waals surface area contributed by atoms with Crippen molar-refractivity contribution >= 4 is 17.8 Å². The quantitative estimate of drug-likeness (QED) is 0.0969. The third-order valence-corrected chi connectivity index (χ3v) is 17.9. The van der Waals surface area contributed by atoms with Crippen molar-refractivity contribution in [3.8, 4) is 0 Å². The van der Waals surface area contributed by atoms with Gasteiger partial charge in [0.05, 0.1) is 24.7 Å². The molecule has 2 saturated carbocycles. The molecule has 0 bridgehead atoms. The Balaban J connectivity index is 1.26. The van der Waals surface area contributed by atoms with Gasteiger partial charge in [0.25, 0.3) is 0 Å². The molecule has 2 saturated heterocycles. The lowest BCUT2D eigenvalue weighted by Crippen LogP contribution is -2.68. The topological polar surface area (TPSA) is 251 Å². The summed E-state index contributed by atoms with van der Waals surface area (Å²) in [5.41, 5.74) is -0.950. The first-order valence-electron chi connectivity index (χ1n) is 23.6. The van der Waals surface area contributed by atoms with E-state index in [1.54, 1.807) is 0 Å². The van der Waals surface area contributed by atoms with Crippen LogP contribution in [-0.2, 0) is 38.1 Å². The molecule has 2 heterocycles. The number of carboxylic acid groups (broad SMARTS) is 1. The predicted octanol–water partition coefficient (Wildman–Crippen LogP) is 3.74. The van der Waals surface area contributed by atoms with E-state index in [2.05, 4.69) is 60.7 Å². The minimum Gasteiger partial charge on any atom is -0.481 e. The van der Waals surface area contributed by atoms with E-state index in [0.29, 0.717) is 32.1 Å². The number of carbonyl (C=O) groups excluding carboxylic acids is 2. The largest absolute Gasteiger partial charge is 0.481 e. The van der Waals surface area contributed by atoms with Gasteiger partial charge in [-0.3, -0.25) is 14.4 Å². The number of aliphatic carboxylic acids is 1. The summed E-state index contributed by atoms with van der Waals surface area (Å²) in [5, 5.41) is 78.1. The number of ether oxygens (including phenoxy) is 5. The average Bonchev–Trinajstić information content (AvgIpc) is 3.53. The van der Waals surface area contributed by atoms with Crippen LogP contribution in [0, 0.1) is 44.8 Å². The Morgan fingerprint density at radius 2 is 1.41 bits per heavy atom. The van der Waals surface area contributed by atoms with Crippen LogP contribution >= 0.6 is 0 Å². The highest BCUT2D eigenvalue weighted by Crippen LogP contribution is 2.73. The van der Waals surface area contributed by atoms with Crippen LogP contribution in [0.25, 0.3) is 0 Å². The smallest absolute Gasteiger partial charge is 0.314 e. The van der Waals surface area contributed by atoms with E-state index in [1.165, 1.54) is 19.4 Å². The second kappa shape index (κ2) is 18.3. The molecule has 16 nitrogen and oxygen atoms in total. The van der Waals surface area contributed by atoms with Gasteiger partial charge in [0.15, 0.2) is 12.6 Å². The zero-order chi connectivity index (χ0) is 47.7. The first-order valence-corrected chi connectivity index (χ1v) is 23.6. The zero-order valence-electron chi connectivity index (χ0n) is 40.0. The Morgan fingerprint density at radius 3 is 1.97 bits per heavy atom. The molecule has 18 unspecified atom stereocenters. The van der Waals surface area contributed by atoms with Crippen molar-refractivity contribution in [1.82, 2.24) is 5.32 Å². The third-order valence-electron chi connectivity index (χ3n) is 17.9. The molecule has 2 aliphatic heterocycles. The summed E-state index contributed by atoms with van der Waals surface area (Å²) in [6.07, 6.45) is -6.94. The van der Waals surface area contributed by atoms with Crippen molar-refractivity contribution in [2.45, 2.75) is 213 Å². The lowest BCUT2D eigenvalue weighted by Gasteiger charge is -2.62. The fourth-order valence-corrected chi connectivity index (χ4v) is 13.8. The Hall–Kier alpha value is -2.25. The molecule has 4 fully saturated rings. The van der Waals surface area contributed by atoms with Gasteiger partial charge in [-0.05, 0) is 105 Å². The monoisotopic (exact) mass is 910 g/mol. The molecule has 366 valence electrons. The van der Waals surface area contributed by atoms with Crippen LogP contribution in [0.4, 0.5) is 0 Å². The van der Waals surface area contributed by atoms with Crippen molar-refractivity contribution in [3.63, 3.8) is 0 Å². The van der Waals surface area contributed by atoms with Crippen LogP contribution in [-0.4, -0.2) is 140 Å². The molecule has 18 atom stereocenters. The maximum Gasteiger partial charge on any atom is 0.314 e. The normalized spacial score (nSPS) is 43.5. The molecule has 0 aromatic rings. The summed E-state index contributed by atoms with van der Waals surface area (Å²) in [4.78, 5) is 38.3. The van der Waals surface area contributed by atoms with Gasteiger partial charge < -0.3 is 64.7 Å². The summed E-state index contributed by atoms with van der Waals surface area (Å²) in [6, 6.07) is -1.34. The van der Waals surface area contributed by atoms with Gasteiger partial charge in [-0.25, -0.2) is 0 Å². The number of aliphatic hydroxyl groups excluding tert-OH is 6. The standard InChI is InChI=1S/C48H79NO15/c1-24(14-20-47(11,43(4,5)6)64-26(3)53)27-16-21-48(42(58)59)29-12-13-32-44(7,8)33(17-18-45(32,9)28(29)15-19-46(27,48)10)62-41-39(38(57)36(55)31(23-51)61-41)63-40-34(49-25(2)52)37(56)35(54)30(22-50)60-40/h24,27,30-41,50-51,54-57H,12-23H2,1-11H3,(H,49,52)(H,58,59). The van der Waals surface area contributed by atoms with Gasteiger partial charge >= 0.3 is 11.9 Å². The van der Waals surface area contributed by atoms with Crippen LogP contribution in [0.5, 0.6) is 0 Å². The summed E-state index contributed by atoms with van der Waals surface area (Å²) in [5.74, 6) is -1.19. The molecule has 0 aromatic heterocycles. The Labute approximate surface area is 378 Å². The first-order chi connectivity index (χ1) is 29.6. The molecular weight excluding hydrogens is 831 g/mol. The Morgan fingerprint density at radius 1 is 0.797 bits per heavy atom. The SMILES string of the molecule is CC(=O)NC1C(OC2C(OC3CCC4(C)C5=C(CCC4C3(C)C)C3(C(=O)O)CCC(C(C)CCC(C)(OC(C)=O)C(C)(C)C)C3(C)CC5)OC(CO)C(O)C2O)OC(CO)C(O)C1O. The van der Waals surface area contributed by atoms with E-state index in [0.717, 1.165) is 37.7 Å². The fourth-order valence-electron chi connectivity index (χ4n) is 13.8. The van der Waals surface area contributed by atoms with E-state index >= 15 is 0 Å². The maximum atomic E-state index is 14.0. The zero-order valence-corrected chi connectivity index (χ0v) is 40.0. The number of esters is 1. The number of allylic oxidation sites excluding steroid dienone is 1. The number of amides is 1. The molecule has 6 aliphatic rings. The molecule has 16 heteroatoms. The highest BCUT2D eigenvalue weighted by Gasteiger charge is 2.69. The fraction of sp³-hybridized carbons (Fsp3) is 0.896. The number of fused-ring (bicyclic) bond motifs is 4. The molecule has 6 rings (SSSR count). The lowest BCUT2D eigenvalue weighted by molar-refractivity contribution is -0.367. The van der Waals surface area contributed by atoms with E-state index < -0.39 is 114 Å². The number of hydrogen-bond donors (Lipinski definition) is 8. The van der Waals surface area contributed by atoms with Gasteiger partial charge in [-0.2, -0.15) is 0 Å². The highest BCUT2D eigenvalue weighted by atomic mass is 16.8. The highest BCUT2D eigenvalue weighted by molar-refractivity contribution is 5.82. The predicted molar refractivity (Wildman–Crippen MR) is 232 cm³/mol. The number of nitrogens with one attached hydrogen (secondary N) is 1. The van der Waals surface area contributed by atoms with Crippen LogP contribution < -0.4 is 5.32 Å². The Kier molecular flexibility index (Phi) is 14.7. The third kappa shape index (κ3) is 8.50. The Bertz CT molecular complexity index is 1770. The van der Waals surface area contributed by atoms with Crippen molar-refractivity contribution < 1.29 is 73.8 Å². The average molecular weight is 910 g/mol. The van der Waals surface area contributed by atoms with Crippen LogP contribution in [0.2, 0.25) is 0 Å². The van der Waals surface area contributed by atoms with Crippen molar-refractivity contribution in [1.29, 1.82) is 0 Å². The lowest BCUT2D eigenvalue weighted by atomic mass is 9.43. The van der Waals surface area contributed by atoms with Crippen LogP contribution in [0.15, 0.2) is 11.1 Å². The molecule has 4 aliphatic carbocycles. The van der Waals surface area contributed by atoms with Crippen molar-refractivity contribution in [2.75, 3.05) is 13.2 Å². The van der Waals surface area contributed by atoms with Gasteiger partial charge in [0, 0.05) is 19.3 Å². The number of hydrogen-bond acceptors (Lipinski definition) is 14. The summed E-state index contributed by atoms with van der Waals surface area (Å²) < 4.78 is 30.9. The maximum absolute atomic E-state index is 14.0. The molecule has 64 heavy (non-hydrogen) atoms. The number of rotatable bonds is 13. The summed E-state index contributed by atoms with van der Waals surface area (Å²) >= 11 is 0. The number of aliphatic hydroxyl groups is 6. The molecular formula is C48H79NO15. The number of carbonyl (C=O) groups is 3. The van der Waals surface area contributed by atoms with Crippen molar-refractivity contribution in [3.05, 3.63) is 11.1 Å². The van der Waals surface area contributed by atoms with Gasteiger partial charge in [0.2, 0.25) is 5.91 Å². The second-order valence-electron chi connectivity index (χ2n) is 22.6. The first kappa shape index (κ1) is 51.1. The van der Waals surface area contributed by atoms with E-state index in [-0.39, 0.29) is 34.6 Å².